The lowest BCUT2D eigenvalue weighted by atomic mass is 9.80. The molecule has 1 aliphatic heterocycles. The molecule has 0 aromatic heterocycles. The number of hydrogen-bond acceptors (Lipinski definition) is 3. The van der Waals surface area contributed by atoms with Gasteiger partial charge in [-0.2, -0.15) is 0 Å². The van der Waals surface area contributed by atoms with Gasteiger partial charge in [-0.05, 0) is 56.6 Å². The van der Waals surface area contributed by atoms with Crippen LogP contribution in [-0.4, -0.2) is 36.6 Å². The quantitative estimate of drug-likeness (QED) is 0.838. The Kier molecular flexibility index (Phi) is 4.89. The summed E-state index contributed by atoms with van der Waals surface area (Å²) >= 11 is 11.2. The second kappa shape index (κ2) is 6.29. The highest BCUT2D eigenvalue weighted by molar-refractivity contribution is 7.80. The molecule has 0 saturated carbocycles. The zero-order chi connectivity index (χ0) is 14.8. The fraction of sp³-hybridized carbons (Fsp3) is 0.533. The van der Waals surface area contributed by atoms with Gasteiger partial charge in [0.1, 0.15) is 4.99 Å². The molecule has 110 valence electrons. The molecule has 0 aliphatic carbocycles. The van der Waals surface area contributed by atoms with E-state index in [1.54, 1.807) is 0 Å². The van der Waals surface area contributed by atoms with E-state index >= 15 is 0 Å². The molecular weight excluding hydrogens is 290 g/mol. The maximum atomic E-state index is 6.27. The highest BCUT2D eigenvalue weighted by atomic mass is 35.5. The Morgan fingerprint density at radius 1 is 1.45 bits per heavy atom. The first-order chi connectivity index (χ1) is 9.39. The first-order valence-corrected chi connectivity index (χ1v) is 7.70. The molecule has 1 fully saturated rings. The van der Waals surface area contributed by atoms with Gasteiger partial charge in [0, 0.05) is 12.1 Å². The van der Waals surface area contributed by atoms with Gasteiger partial charge in [0.15, 0.2) is 0 Å². The molecule has 1 aliphatic rings. The third-order valence-corrected chi connectivity index (χ3v) is 4.70. The van der Waals surface area contributed by atoms with Crippen molar-refractivity contribution in [3.63, 3.8) is 0 Å². The van der Waals surface area contributed by atoms with Gasteiger partial charge >= 0.3 is 0 Å². The molecule has 5 heteroatoms. The van der Waals surface area contributed by atoms with Gasteiger partial charge < -0.3 is 16.0 Å². The predicted octanol–water partition coefficient (Wildman–Crippen LogP) is 3.12. The van der Waals surface area contributed by atoms with Gasteiger partial charge in [-0.1, -0.05) is 30.7 Å². The Hall–Kier alpha value is -0.840. The summed E-state index contributed by atoms with van der Waals surface area (Å²) in [6.45, 7) is 5.59. The molecule has 0 unspecified atom stereocenters. The van der Waals surface area contributed by atoms with Crippen LogP contribution in [0.1, 0.15) is 25.3 Å². The number of piperidine rings is 1. The molecule has 0 radical (unpaired) electrons. The second-order valence-electron chi connectivity index (χ2n) is 6.03. The molecule has 2 rings (SSSR count). The van der Waals surface area contributed by atoms with Gasteiger partial charge in [0.05, 0.1) is 10.7 Å². The van der Waals surface area contributed by atoms with E-state index in [4.69, 9.17) is 29.6 Å². The molecule has 0 atom stereocenters. The Labute approximate surface area is 131 Å². The molecule has 1 heterocycles. The van der Waals surface area contributed by atoms with Crippen LogP contribution in [-0.2, 0) is 0 Å². The molecule has 1 aromatic carbocycles. The first kappa shape index (κ1) is 15.5. The fourth-order valence-electron chi connectivity index (χ4n) is 2.46. The third kappa shape index (κ3) is 3.84. The number of thiocarbonyl (C=S) groups is 1. The maximum absolute atomic E-state index is 6.27. The number of halogens is 1. The van der Waals surface area contributed by atoms with Crippen molar-refractivity contribution in [3.8, 4) is 0 Å². The largest absolute Gasteiger partial charge is 0.389 e. The Bertz CT molecular complexity index is 496. The van der Waals surface area contributed by atoms with Crippen molar-refractivity contribution < 1.29 is 0 Å². The summed E-state index contributed by atoms with van der Waals surface area (Å²) in [7, 11) is 2.18. The highest BCUT2D eigenvalue weighted by Gasteiger charge is 2.28. The van der Waals surface area contributed by atoms with Crippen molar-refractivity contribution in [1.29, 1.82) is 0 Å². The van der Waals surface area contributed by atoms with Gasteiger partial charge in [0.2, 0.25) is 0 Å². The van der Waals surface area contributed by atoms with Gasteiger partial charge in [-0.25, -0.2) is 0 Å². The summed E-state index contributed by atoms with van der Waals surface area (Å²) in [6.07, 6.45) is 2.41. The van der Waals surface area contributed by atoms with E-state index in [9.17, 15) is 0 Å². The van der Waals surface area contributed by atoms with E-state index in [2.05, 4.69) is 24.2 Å². The molecule has 3 nitrogen and oxygen atoms in total. The van der Waals surface area contributed by atoms with Crippen molar-refractivity contribution in [3.05, 3.63) is 28.8 Å². The van der Waals surface area contributed by atoms with Crippen LogP contribution in [0.4, 0.5) is 5.69 Å². The van der Waals surface area contributed by atoms with Crippen molar-refractivity contribution in [2.75, 3.05) is 32.0 Å². The molecular formula is C15H22ClN3S. The third-order valence-electron chi connectivity index (χ3n) is 4.15. The highest BCUT2D eigenvalue weighted by Crippen LogP contribution is 2.32. The number of likely N-dealkylation sites (tertiary alicyclic amines) is 1. The number of nitrogens with two attached hydrogens (primary N) is 1. The van der Waals surface area contributed by atoms with Crippen LogP contribution in [0.25, 0.3) is 0 Å². The van der Waals surface area contributed by atoms with Crippen molar-refractivity contribution in [1.82, 2.24) is 4.90 Å². The number of nitrogens with zero attached hydrogens (tertiary/aromatic N) is 1. The average Bonchev–Trinajstić information content (AvgIpc) is 2.41. The summed E-state index contributed by atoms with van der Waals surface area (Å²) in [5, 5.41) is 4.14. The van der Waals surface area contributed by atoms with E-state index < -0.39 is 0 Å². The van der Waals surface area contributed by atoms with Crippen LogP contribution >= 0.6 is 23.8 Å². The number of anilines is 1. The monoisotopic (exact) mass is 311 g/mol. The first-order valence-electron chi connectivity index (χ1n) is 6.91. The van der Waals surface area contributed by atoms with Crippen molar-refractivity contribution >= 4 is 34.5 Å². The molecule has 1 aromatic rings. The van der Waals surface area contributed by atoms with Crippen LogP contribution in [0.2, 0.25) is 5.02 Å². The maximum Gasteiger partial charge on any atom is 0.104 e. The summed E-state index contributed by atoms with van der Waals surface area (Å²) in [4.78, 5) is 2.76. The van der Waals surface area contributed by atoms with E-state index in [1.807, 2.05) is 18.2 Å². The average molecular weight is 312 g/mol. The SMILES string of the molecule is CN1CCC(C)(CNc2ccc(C(N)=S)cc2Cl)CC1. The Morgan fingerprint density at radius 2 is 2.10 bits per heavy atom. The molecule has 1 saturated heterocycles. The van der Waals surface area contributed by atoms with Gasteiger partial charge in [-0.15, -0.1) is 0 Å². The van der Waals surface area contributed by atoms with Crippen LogP contribution in [0.5, 0.6) is 0 Å². The number of rotatable bonds is 4. The topological polar surface area (TPSA) is 41.3 Å². The lowest BCUT2D eigenvalue weighted by Gasteiger charge is -2.38. The number of hydrogen-bond donors (Lipinski definition) is 2. The fourth-order valence-corrected chi connectivity index (χ4v) is 2.83. The molecule has 0 amide bonds. The smallest absolute Gasteiger partial charge is 0.104 e. The van der Waals surface area contributed by atoms with Crippen LogP contribution < -0.4 is 11.1 Å². The molecule has 20 heavy (non-hydrogen) atoms. The van der Waals surface area contributed by atoms with Gasteiger partial charge in [-0.3, -0.25) is 0 Å². The minimum Gasteiger partial charge on any atom is -0.389 e. The minimum atomic E-state index is 0.331. The lowest BCUT2D eigenvalue weighted by Crippen LogP contribution is -2.40. The summed E-state index contributed by atoms with van der Waals surface area (Å²) in [6, 6.07) is 5.69. The summed E-state index contributed by atoms with van der Waals surface area (Å²) in [5.41, 5.74) is 7.69. The van der Waals surface area contributed by atoms with Gasteiger partial charge in [0.25, 0.3) is 0 Å². The Balaban J connectivity index is 1.99. The number of nitrogens with one attached hydrogen (secondary N) is 1. The van der Waals surface area contributed by atoms with Crippen molar-refractivity contribution in [2.24, 2.45) is 11.1 Å². The van der Waals surface area contributed by atoms with Crippen LogP contribution in [0.3, 0.4) is 0 Å². The van der Waals surface area contributed by atoms with Crippen LogP contribution in [0, 0.1) is 5.41 Å². The normalized spacial score (nSPS) is 18.8. The number of benzene rings is 1. The molecule has 0 bridgehead atoms. The van der Waals surface area contributed by atoms with Crippen LogP contribution in [0.15, 0.2) is 18.2 Å². The molecule has 0 spiro atoms. The zero-order valence-corrected chi connectivity index (χ0v) is 13.7. The predicted molar refractivity (Wildman–Crippen MR) is 90.7 cm³/mol. The summed E-state index contributed by atoms with van der Waals surface area (Å²) in [5.74, 6) is 0. The summed E-state index contributed by atoms with van der Waals surface area (Å²) < 4.78 is 0. The van der Waals surface area contributed by atoms with E-state index in [-0.39, 0.29) is 0 Å². The van der Waals surface area contributed by atoms with Crippen molar-refractivity contribution in [2.45, 2.75) is 19.8 Å². The van der Waals surface area contributed by atoms with E-state index in [1.165, 1.54) is 12.8 Å². The standard InChI is InChI=1S/C15H22ClN3S/c1-15(5-7-19(2)8-6-15)10-18-13-4-3-11(14(17)20)9-12(13)16/h3-4,9,18H,5-8,10H2,1-2H3,(H2,17,20). The minimum absolute atomic E-state index is 0.331. The van der Waals surface area contributed by atoms with E-state index in [0.717, 1.165) is 30.9 Å². The lowest BCUT2D eigenvalue weighted by molar-refractivity contribution is 0.150. The Morgan fingerprint density at radius 3 is 2.65 bits per heavy atom. The zero-order valence-electron chi connectivity index (χ0n) is 12.1. The second-order valence-corrected chi connectivity index (χ2v) is 6.87. The van der Waals surface area contributed by atoms with E-state index in [0.29, 0.717) is 15.4 Å². The molecule has 3 N–H and O–H groups in total.